The molecule has 0 N–H and O–H groups in total. The topological polar surface area (TPSA) is 22.1 Å². The van der Waals surface area contributed by atoms with E-state index in [4.69, 9.17) is 4.74 Å². The quantitative estimate of drug-likeness (QED) is 0.795. The summed E-state index contributed by atoms with van der Waals surface area (Å²) in [7, 11) is 0. The molecule has 0 spiro atoms. The van der Waals surface area contributed by atoms with Gasteiger partial charge in [0.2, 0.25) is 0 Å². The second-order valence-electron chi connectivity index (χ2n) is 6.52. The van der Waals surface area contributed by atoms with Crippen molar-refractivity contribution in [3.05, 3.63) is 48.0 Å². The van der Waals surface area contributed by atoms with Gasteiger partial charge in [-0.3, -0.25) is 4.98 Å². The zero-order valence-electron chi connectivity index (χ0n) is 13.3. The Labute approximate surface area is 126 Å². The molecule has 0 amide bonds. The Morgan fingerprint density at radius 3 is 2.33 bits per heavy atom. The zero-order valence-corrected chi connectivity index (χ0v) is 13.3. The number of aromatic nitrogens is 1. The molecule has 0 atom stereocenters. The standard InChI is InChI=1S/C18H22FNO/c1-12(2)21-15-8-14(10-20-11-15)13-6-7-16(17(19)9-13)18(3,4)5/h6-12H,1-5H3. The lowest BCUT2D eigenvalue weighted by molar-refractivity contribution is 0.241. The number of hydrogen-bond donors (Lipinski definition) is 0. The van der Waals surface area contributed by atoms with Crippen LogP contribution >= 0.6 is 0 Å². The Hall–Kier alpha value is -1.90. The molecule has 0 fully saturated rings. The molecule has 0 saturated heterocycles. The van der Waals surface area contributed by atoms with Gasteiger partial charge in [0.05, 0.1) is 12.3 Å². The summed E-state index contributed by atoms with van der Waals surface area (Å²) in [6.45, 7) is 9.94. The van der Waals surface area contributed by atoms with Crippen molar-refractivity contribution in [1.29, 1.82) is 0 Å². The lowest BCUT2D eigenvalue weighted by Crippen LogP contribution is -2.13. The highest BCUT2D eigenvalue weighted by Crippen LogP contribution is 2.30. The van der Waals surface area contributed by atoms with E-state index in [0.717, 1.165) is 11.1 Å². The molecule has 0 aliphatic heterocycles. The van der Waals surface area contributed by atoms with Crippen molar-refractivity contribution in [3.63, 3.8) is 0 Å². The van der Waals surface area contributed by atoms with E-state index in [1.54, 1.807) is 18.5 Å². The molecule has 2 rings (SSSR count). The largest absolute Gasteiger partial charge is 0.489 e. The van der Waals surface area contributed by atoms with Gasteiger partial charge in [-0.05, 0) is 42.5 Å². The summed E-state index contributed by atoms with van der Waals surface area (Å²) in [6, 6.07) is 7.23. The van der Waals surface area contributed by atoms with Gasteiger partial charge in [-0.25, -0.2) is 4.39 Å². The van der Waals surface area contributed by atoms with E-state index in [0.29, 0.717) is 11.3 Å². The van der Waals surface area contributed by atoms with Crippen LogP contribution in [0.25, 0.3) is 11.1 Å². The van der Waals surface area contributed by atoms with Crippen LogP contribution in [0, 0.1) is 5.82 Å². The van der Waals surface area contributed by atoms with Crippen LogP contribution in [0.1, 0.15) is 40.2 Å². The summed E-state index contributed by atoms with van der Waals surface area (Å²) in [5.74, 6) is 0.512. The van der Waals surface area contributed by atoms with E-state index in [2.05, 4.69) is 4.98 Å². The van der Waals surface area contributed by atoms with Gasteiger partial charge in [0, 0.05) is 11.8 Å². The monoisotopic (exact) mass is 287 g/mol. The number of benzene rings is 1. The summed E-state index contributed by atoms with van der Waals surface area (Å²) >= 11 is 0. The lowest BCUT2D eigenvalue weighted by Gasteiger charge is -2.20. The predicted molar refractivity (Wildman–Crippen MR) is 84.1 cm³/mol. The van der Waals surface area contributed by atoms with E-state index in [-0.39, 0.29) is 17.3 Å². The van der Waals surface area contributed by atoms with E-state index >= 15 is 0 Å². The molecule has 112 valence electrons. The first-order valence-corrected chi connectivity index (χ1v) is 7.19. The van der Waals surface area contributed by atoms with Crippen molar-refractivity contribution in [2.45, 2.75) is 46.1 Å². The average Bonchev–Trinajstić information content (AvgIpc) is 2.36. The third-order valence-electron chi connectivity index (χ3n) is 3.20. The minimum Gasteiger partial charge on any atom is -0.489 e. The molecule has 0 unspecified atom stereocenters. The average molecular weight is 287 g/mol. The fourth-order valence-electron chi connectivity index (χ4n) is 2.22. The van der Waals surface area contributed by atoms with Crippen molar-refractivity contribution in [2.75, 3.05) is 0 Å². The first-order valence-electron chi connectivity index (χ1n) is 7.19. The van der Waals surface area contributed by atoms with Gasteiger partial charge in [-0.15, -0.1) is 0 Å². The number of ether oxygens (including phenoxy) is 1. The van der Waals surface area contributed by atoms with Gasteiger partial charge in [-0.1, -0.05) is 32.9 Å². The minimum absolute atomic E-state index is 0.0852. The Balaban J connectivity index is 2.37. The smallest absolute Gasteiger partial charge is 0.138 e. The Bertz CT molecular complexity index is 629. The van der Waals surface area contributed by atoms with Crippen molar-refractivity contribution < 1.29 is 9.13 Å². The summed E-state index contributed by atoms with van der Waals surface area (Å²) in [5.41, 5.74) is 2.17. The number of rotatable bonds is 3. The third-order valence-corrected chi connectivity index (χ3v) is 3.20. The maximum Gasteiger partial charge on any atom is 0.138 e. The van der Waals surface area contributed by atoms with Gasteiger partial charge in [0.1, 0.15) is 11.6 Å². The van der Waals surface area contributed by atoms with Crippen LogP contribution < -0.4 is 4.74 Å². The van der Waals surface area contributed by atoms with E-state index < -0.39 is 0 Å². The maximum absolute atomic E-state index is 14.3. The molecule has 3 heteroatoms. The summed E-state index contributed by atoms with van der Waals surface area (Å²) in [6.07, 6.45) is 3.48. The van der Waals surface area contributed by atoms with Gasteiger partial charge < -0.3 is 4.74 Å². The van der Waals surface area contributed by atoms with Crippen LogP contribution in [-0.2, 0) is 5.41 Å². The number of pyridine rings is 1. The third kappa shape index (κ3) is 3.81. The fourth-order valence-corrected chi connectivity index (χ4v) is 2.22. The molecule has 0 bridgehead atoms. The highest BCUT2D eigenvalue weighted by Gasteiger charge is 2.18. The summed E-state index contributed by atoms with van der Waals surface area (Å²) in [5, 5.41) is 0. The van der Waals surface area contributed by atoms with Gasteiger partial charge in [0.15, 0.2) is 0 Å². The molecular formula is C18H22FNO. The van der Waals surface area contributed by atoms with Crippen LogP contribution in [-0.4, -0.2) is 11.1 Å². The van der Waals surface area contributed by atoms with Crippen molar-refractivity contribution in [2.24, 2.45) is 0 Å². The predicted octanol–water partition coefficient (Wildman–Crippen LogP) is 4.97. The van der Waals surface area contributed by atoms with Crippen molar-refractivity contribution >= 4 is 0 Å². The van der Waals surface area contributed by atoms with Crippen LogP contribution in [0.4, 0.5) is 4.39 Å². The molecule has 1 heterocycles. The Morgan fingerprint density at radius 1 is 1.05 bits per heavy atom. The number of nitrogens with zero attached hydrogens (tertiary/aromatic N) is 1. The first-order chi connectivity index (χ1) is 9.77. The molecule has 1 aromatic carbocycles. The molecular weight excluding hydrogens is 265 g/mol. The van der Waals surface area contributed by atoms with Crippen molar-refractivity contribution in [1.82, 2.24) is 4.98 Å². The molecule has 0 saturated carbocycles. The lowest BCUT2D eigenvalue weighted by atomic mass is 9.86. The molecule has 21 heavy (non-hydrogen) atoms. The number of hydrogen-bond acceptors (Lipinski definition) is 2. The highest BCUT2D eigenvalue weighted by molar-refractivity contribution is 5.64. The molecule has 2 nitrogen and oxygen atoms in total. The second-order valence-corrected chi connectivity index (χ2v) is 6.52. The van der Waals surface area contributed by atoms with Gasteiger partial charge in [-0.2, -0.15) is 0 Å². The first kappa shape index (κ1) is 15.5. The minimum atomic E-state index is -0.205. The molecule has 0 radical (unpaired) electrons. The Kier molecular flexibility index (Phi) is 4.31. The zero-order chi connectivity index (χ0) is 15.6. The fraction of sp³-hybridized carbons (Fsp3) is 0.389. The van der Waals surface area contributed by atoms with Crippen LogP contribution in [0.5, 0.6) is 5.75 Å². The van der Waals surface area contributed by atoms with Crippen LogP contribution in [0.15, 0.2) is 36.7 Å². The van der Waals surface area contributed by atoms with Gasteiger partial charge in [0.25, 0.3) is 0 Å². The van der Waals surface area contributed by atoms with E-state index in [1.807, 2.05) is 52.8 Å². The summed E-state index contributed by atoms with van der Waals surface area (Å²) in [4.78, 5) is 4.17. The van der Waals surface area contributed by atoms with E-state index in [1.165, 1.54) is 0 Å². The second kappa shape index (κ2) is 5.84. The van der Waals surface area contributed by atoms with Crippen LogP contribution in [0.3, 0.4) is 0 Å². The maximum atomic E-state index is 14.3. The summed E-state index contributed by atoms with van der Waals surface area (Å²) < 4.78 is 19.9. The molecule has 2 aromatic rings. The SMILES string of the molecule is CC(C)Oc1cncc(-c2ccc(C(C)(C)C)c(F)c2)c1. The van der Waals surface area contributed by atoms with Crippen molar-refractivity contribution in [3.8, 4) is 16.9 Å². The van der Waals surface area contributed by atoms with Crippen LogP contribution in [0.2, 0.25) is 0 Å². The van der Waals surface area contributed by atoms with Gasteiger partial charge >= 0.3 is 0 Å². The highest BCUT2D eigenvalue weighted by atomic mass is 19.1. The Morgan fingerprint density at radius 2 is 1.76 bits per heavy atom. The molecule has 0 aliphatic rings. The normalized spacial score (nSPS) is 11.8. The van der Waals surface area contributed by atoms with E-state index in [9.17, 15) is 4.39 Å². The molecule has 1 aromatic heterocycles. The number of halogens is 1. The molecule has 0 aliphatic carbocycles.